The molecule has 0 aromatic heterocycles. The Morgan fingerprint density at radius 1 is 1.55 bits per heavy atom. The first-order valence-electron chi connectivity index (χ1n) is 6.44. The van der Waals surface area contributed by atoms with Crippen molar-refractivity contribution in [3.05, 3.63) is 28.8 Å². The molecule has 1 aromatic carbocycles. The molecule has 0 unspecified atom stereocenters. The highest BCUT2D eigenvalue weighted by Gasteiger charge is 2.24. The second-order valence-corrected chi connectivity index (χ2v) is 5.36. The minimum Gasteiger partial charge on any atom is -0.491 e. The van der Waals surface area contributed by atoms with Crippen LogP contribution in [0.15, 0.2) is 18.2 Å². The standard InChI is InChI=1S/C14H17Cl2NO3/c1-10-6-11(2-3-13(10)16)20-9-12-8-17(4-5-19-12)14(18)7-15/h2-3,6,12H,4-5,7-9H2,1H3/t12-/m1/s1. The van der Waals surface area contributed by atoms with Crippen LogP contribution in [0.4, 0.5) is 0 Å². The monoisotopic (exact) mass is 317 g/mol. The van der Waals surface area contributed by atoms with Gasteiger partial charge in [0.2, 0.25) is 5.91 Å². The average Bonchev–Trinajstić information content (AvgIpc) is 2.48. The number of aryl methyl sites for hydroxylation is 1. The van der Waals surface area contributed by atoms with E-state index in [-0.39, 0.29) is 17.9 Å². The Bertz CT molecular complexity index is 481. The van der Waals surface area contributed by atoms with Crippen molar-refractivity contribution in [2.75, 3.05) is 32.2 Å². The lowest BCUT2D eigenvalue weighted by molar-refractivity contribution is -0.137. The van der Waals surface area contributed by atoms with Crippen LogP contribution in [0.5, 0.6) is 5.75 Å². The fraction of sp³-hybridized carbons (Fsp3) is 0.500. The molecule has 6 heteroatoms. The second kappa shape index (κ2) is 7.16. The third-order valence-electron chi connectivity index (χ3n) is 3.17. The zero-order valence-electron chi connectivity index (χ0n) is 11.3. The summed E-state index contributed by atoms with van der Waals surface area (Å²) in [5.41, 5.74) is 0.965. The fourth-order valence-electron chi connectivity index (χ4n) is 2.03. The number of morpholine rings is 1. The number of halogens is 2. The van der Waals surface area contributed by atoms with Gasteiger partial charge in [-0.05, 0) is 30.7 Å². The summed E-state index contributed by atoms with van der Waals surface area (Å²) in [6.45, 7) is 3.93. The zero-order chi connectivity index (χ0) is 14.5. The van der Waals surface area contributed by atoms with Gasteiger partial charge in [-0.2, -0.15) is 0 Å². The van der Waals surface area contributed by atoms with Crippen LogP contribution < -0.4 is 4.74 Å². The highest BCUT2D eigenvalue weighted by molar-refractivity contribution is 6.31. The molecule has 0 spiro atoms. The van der Waals surface area contributed by atoms with Crippen molar-refractivity contribution in [1.29, 1.82) is 0 Å². The van der Waals surface area contributed by atoms with Crippen molar-refractivity contribution in [3.63, 3.8) is 0 Å². The molecule has 1 aliphatic heterocycles. The number of carbonyl (C=O) groups is 1. The summed E-state index contributed by atoms with van der Waals surface area (Å²) in [5.74, 6) is 0.683. The maximum Gasteiger partial charge on any atom is 0.237 e. The molecule has 20 heavy (non-hydrogen) atoms. The largest absolute Gasteiger partial charge is 0.491 e. The maximum atomic E-state index is 11.6. The number of rotatable bonds is 4. The molecule has 1 fully saturated rings. The molecule has 2 rings (SSSR count). The Hall–Kier alpha value is -0.970. The van der Waals surface area contributed by atoms with Crippen molar-refractivity contribution in [2.45, 2.75) is 13.0 Å². The number of ether oxygens (including phenoxy) is 2. The quantitative estimate of drug-likeness (QED) is 0.801. The minimum absolute atomic E-state index is 0.00392. The Kier molecular flexibility index (Phi) is 5.52. The van der Waals surface area contributed by atoms with E-state index in [4.69, 9.17) is 32.7 Å². The van der Waals surface area contributed by atoms with Gasteiger partial charge >= 0.3 is 0 Å². The van der Waals surface area contributed by atoms with Gasteiger partial charge in [0, 0.05) is 11.6 Å². The minimum atomic E-state index is -0.132. The molecule has 1 atom stereocenters. The Morgan fingerprint density at radius 3 is 3.05 bits per heavy atom. The molecule has 0 N–H and O–H groups in total. The molecule has 0 radical (unpaired) electrons. The first-order chi connectivity index (χ1) is 9.60. The van der Waals surface area contributed by atoms with Gasteiger partial charge in [0.25, 0.3) is 0 Å². The van der Waals surface area contributed by atoms with Crippen LogP contribution in [0.2, 0.25) is 5.02 Å². The zero-order valence-corrected chi connectivity index (χ0v) is 12.8. The number of amides is 1. The van der Waals surface area contributed by atoms with E-state index in [0.29, 0.717) is 31.3 Å². The van der Waals surface area contributed by atoms with Crippen LogP contribution >= 0.6 is 23.2 Å². The Morgan fingerprint density at radius 2 is 2.35 bits per heavy atom. The number of carbonyl (C=O) groups excluding carboxylic acids is 1. The van der Waals surface area contributed by atoms with Crippen LogP contribution in [0.3, 0.4) is 0 Å². The van der Waals surface area contributed by atoms with Gasteiger partial charge in [0.1, 0.15) is 24.3 Å². The van der Waals surface area contributed by atoms with E-state index in [1.807, 2.05) is 19.1 Å². The van der Waals surface area contributed by atoms with Crippen LogP contribution in [0.25, 0.3) is 0 Å². The highest BCUT2D eigenvalue weighted by atomic mass is 35.5. The highest BCUT2D eigenvalue weighted by Crippen LogP contribution is 2.21. The topological polar surface area (TPSA) is 38.8 Å². The smallest absolute Gasteiger partial charge is 0.237 e. The van der Waals surface area contributed by atoms with E-state index in [9.17, 15) is 4.79 Å². The molecule has 1 saturated heterocycles. The predicted octanol–water partition coefficient (Wildman–Crippen LogP) is 2.49. The van der Waals surface area contributed by atoms with Gasteiger partial charge in [-0.3, -0.25) is 4.79 Å². The van der Waals surface area contributed by atoms with Gasteiger partial charge in [0.05, 0.1) is 13.2 Å². The van der Waals surface area contributed by atoms with Crippen molar-refractivity contribution >= 4 is 29.1 Å². The lowest BCUT2D eigenvalue weighted by Crippen LogP contribution is -2.48. The van der Waals surface area contributed by atoms with E-state index < -0.39 is 0 Å². The molecule has 0 bridgehead atoms. The number of nitrogens with zero attached hydrogens (tertiary/aromatic N) is 1. The molecular weight excluding hydrogens is 301 g/mol. The third kappa shape index (κ3) is 4.01. The number of benzene rings is 1. The van der Waals surface area contributed by atoms with Gasteiger partial charge in [-0.25, -0.2) is 0 Å². The Labute approximate surface area is 128 Å². The third-order valence-corrected chi connectivity index (χ3v) is 3.82. The molecule has 4 nitrogen and oxygen atoms in total. The van der Waals surface area contributed by atoms with Crippen molar-refractivity contribution < 1.29 is 14.3 Å². The predicted molar refractivity (Wildman–Crippen MR) is 78.7 cm³/mol. The summed E-state index contributed by atoms with van der Waals surface area (Å²) in [5, 5.41) is 0.713. The lowest BCUT2D eigenvalue weighted by atomic mass is 10.2. The van der Waals surface area contributed by atoms with E-state index >= 15 is 0 Å². The van der Waals surface area contributed by atoms with Gasteiger partial charge < -0.3 is 14.4 Å². The van der Waals surface area contributed by atoms with Crippen molar-refractivity contribution in [1.82, 2.24) is 4.90 Å². The van der Waals surface area contributed by atoms with Crippen LogP contribution in [0.1, 0.15) is 5.56 Å². The first kappa shape index (κ1) is 15.4. The molecular formula is C14H17Cl2NO3. The normalized spacial score (nSPS) is 18.9. The van der Waals surface area contributed by atoms with Crippen LogP contribution in [-0.4, -0.2) is 49.1 Å². The Balaban J connectivity index is 1.87. The summed E-state index contributed by atoms with van der Waals surface area (Å²) in [6.07, 6.45) is -0.132. The summed E-state index contributed by atoms with van der Waals surface area (Å²) < 4.78 is 11.3. The maximum absolute atomic E-state index is 11.6. The molecule has 0 aliphatic carbocycles. The summed E-state index contributed by atoms with van der Waals surface area (Å²) in [4.78, 5) is 13.3. The first-order valence-corrected chi connectivity index (χ1v) is 7.35. The summed E-state index contributed by atoms with van der Waals surface area (Å²) in [7, 11) is 0. The number of hydrogen-bond acceptors (Lipinski definition) is 3. The molecule has 0 saturated carbocycles. The van der Waals surface area contributed by atoms with Crippen molar-refractivity contribution in [3.8, 4) is 5.75 Å². The second-order valence-electron chi connectivity index (χ2n) is 4.69. The van der Waals surface area contributed by atoms with E-state index in [2.05, 4.69) is 0 Å². The van der Waals surface area contributed by atoms with Gasteiger partial charge in [-0.1, -0.05) is 11.6 Å². The molecule has 1 aliphatic rings. The van der Waals surface area contributed by atoms with Gasteiger partial charge in [0.15, 0.2) is 0 Å². The fourth-order valence-corrected chi connectivity index (χ4v) is 2.31. The molecule has 1 heterocycles. The van der Waals surface area contributed by atoms with E-state index in [0.717, 1.165) is 11.3 Å². The molecule has 110 valence electrons. The van der Waals surface area contributed by atoms with Gasteiger partial charge in [-0.15, -0.1) is 11.6 Å². The van der Waals surface area contributed by atoms with Crippen LogP contribution in [0, 0.1) is 6.92 Å². The van der Waals surface area contributed by atoms with Crippen LogP contribution in [-0.2, 0) is 9.53 Å². The number of hydrogen-bond donors (Lipinski definition) is 0. The average molecular weight is 318 g/mol. The summed E-state index contributed by atoms with van der Waals surface area (Å²) in [6, 6.07) is 5.50. The van der Waals surface area contributed by atoms with E-state index in [1.165, 1.54) is 0 Å². The summed E-state index contributed by atoms with van der Waals surface area (Å²) >= 11 is 11.5. The molecule has 1 amide bonds. The molecule has 1 aromatic rings. The van der Waals surface area contributed by atoms with Crippen molar-refractivity contribution in [2.24, 2.45) is 0 Å². The SMILES string of the molecule is Cc1cc(OC[C@H]2CN(C(=O)CCl)CCO2)ccc1Cl. The lowest BCUT2D eigenvalue weighted by Gasteiger charge is -2.32. The van der Waals surface area contributed by atoms with E-state index in [1.54, 1.807) is 11.0 Å². The number of alkyl halides is 1.